The van der Waals surface area contributed by atoms with E-state index in [0.717, 1.165) is 0 Å². The molecule has 1 aromatic heterocycles. The summed E-state index contributed by atoms with van der Waals surface area (Å²) >= 11 is 0. The summed E-state index contributed by atoms with van der Waals surface area (Å²) in [5.41, 5.74) is 0.903. The van der Waals surface area contributed by atoms with Crippen LogP contribution in [0.15, 0.2) is 36.4 Å². The van der Waals surface area contributed by atoms with Crippen LogP contribution in [0.25, 0.3) is 0 Å². The van der Waals surface area contributed by atoms with Gasteiger partial charge in [0.2, 0.25) is 5.91 Å². The van der Waals surface area contributed by atoms with E-state index in [4.69, 9.17) is 0 Å². The van der Waals surface area contributed by atoms with E-state index in [1.807, 2.05) is 0 Å². The Bertz CT molecular complexity index is 804. The van der Waals surface area contributed by atoms with Crippen LogP contribution >= 0.6 is 0 Å². The molecule has 0 unspecified atom stereocenters. The zero-order valence-electron chi connectivity index (χ0n) is 15.2. The molecule has 2 heterocycles. The summed E-state index contributed by atoms with van der Waals surface area (Å²) in [6.07, 6.45) is 0.523. The number of hydrogen-bond donors (Lipinski definition) is 1. The van der Waals surface area contributed by atoms with Crippen molar-refractivity contribution in [2.45, 2.75) is 13.3 Å². The van der Waals surface area contributed by atoms with Gasteiger partial charge in [-0.2, -0.15) is 0 Å². The second-order valence-corrected chi connectivity index (χ2v) is 6.37. The number of rotatable bonds is 5. The lowest BCUT2D eigenvalue weighted by molar-refractivity contribution is -0.130. The lowest BCUT2D eigenvalue weighted by Gasteiger charge is -2.33. The Morgan fingerprint density at radius 1 is 1.04 bits per heavy atom. The molecule has 8 heteroatoms. The van der Waals surface area contributed by atoms with Gasteiger partial charge in [-0.3, -0.25) is 9.59 Å². The smallest absolute Gasteiger partial charge is 0.274 e. The topological polar surface area (TPSA) is 78.4 Å². The van der Waals surface area contributed by atoms with Crippen molar-refractivity contribution in [1.82, 2.24) is 20.0 Å². The molecule has 1 aromatic carbocycles. The molecule has 2 aromatic rings. The van der Waals surface area contributed by atoms with Crippen LogP contribution in [0.4, 0.5) is 10.2 Å². The summed E-state index contributed by atoms with van der Waals surface area (Å²) < 4.78 is 13.6. The molecule has 0 radical (unpaired) electrons. The minimum absolute atomic E-state index is 0.0210. The standard InChI is InChI=1S/C19H22FN5O2/c1-14(26)24-10-12-25(13-11-24)19(27)17-6-7-18(23-22-17)21-9-8-15-4-2-3-5-16(15)20/h2-7H,8-13H2,1H3,(H,21,23). The molecule has 1 N–H and O–H groups in total. The van der Waals surface area contributed by atoms with Crippen molar-refractivity contribution in [3.05, 3.63) is 53.5 Å². The highest BCUT2D eigenvalue weighted by atomic mass is 19.1. The molecule has 2 amide bonds. The molecule has 27 heavy (non-hydrogen) atoms. The van der Waals surface area contributed by atoms with Crippen molar-refractivity contribution in [2.24, 2.45) is 0 Å². The zero-order chi connectivity index (χ0) is 19.2. The first kappa shape index (κ1) is 18.8. The molecule has 1 aliphatic heterocycles. The molecule has 0 aliphatic carbocycles. The molecule has 142 valence electrons. The van der Waals surface area contributed by atoms with Gasteiger partial charge in [0, 0.05) is 39.6 Å². The second kappa shape index (κ2) is 8.57. The summed E-state index contributed by atoms with van der Waals surface area (Å²) in [7, 11) is 0. The highest BCUT2D eigenvalue weighted by Gasteiger charge is 2.24. The number of benzene rings is 1. The van der Waals surface area contributed by atoms with Crippen molar-refractivity contribution in [3.63, 3.8) is 0 Å². The van der Waals surface area contributed by atoms with Crippen LogP contribution < -0.4 is 5.32 Å². The Hall–Kier alpha value is -3.03. The SMILES string of the molecule is CC(=O)N1CCN(C(=O)c2ccc(NCCc3ccccc3F)nn2)CC1. The van der Waals surface area contributed by atoms with Crippen LogP contribution in [0.1, 0.15) is 23.0 Å². The normalized spacial score (nSPS) is 14.1. The Labute approximate surface area is 157 Å². The fourth-order valence-corrected chi connectivity index (χ4v) is 2.95. The monoisotopic (exact) mass is 371 g/mol. The first-order chi connectivity index (χ1) is 13.0. The number of anilines is 1. The van der Waals surface area contributed by atoms with Crippen LogP contribution in [-0.2, 0) is 11.2 Å². The van der Waals surface area contributed by atoms with Gasteiger partial charge in [0.25, 0.3) is 5.91 Å². The van der Waals surface area contributed by atoms with Crippen LogP contribution in [-0.4, -0.2) is 64.5 Å². The van der Waals surface area contributed by atoms with Crippen LogP contribution in [0.3, 0.4) is 0 Å². The number of hydrogen-bond acceptors (Lipinski definition) is 5. The van der Waals surface area contributed by atoms with Crippen molar-refractivity contribution < 1.29 is 14.0 Å². The molecule has 0 bridgehead atoms. The van der Waals surface area contributed by atoms with E-state index < -0.39 is 0 Å². The molecule has 1 saturated heterocycles. The maximum Gasteiger partial charge on any atom is 0.274 e. The Morgan fingerprint density at radius 3 is 2.37 bits per heavy atom. The van der Waals surface area contributed by atoms with Gasteiger partial charge >= 0.3 is 0 Å². The van der Waals surface area contributed by atoms with Gasteiger partial charge in [-0.15, -0.1) is 10.2 Å². The quantitative estimate of drug-likeness (QED) is 0.863. The van der Waals surface area contributed by atoms with E-state index in [0.29, 0.717) is 50.5 Å². The lowest BCUT2D eigenvalue weighted by Crippen LogP contribution is -2.50. The number of carbonyl (C=O) groups excluding carboxylic acids is 2. The van der Waals surface area contributed by atoms with E-state index in [1.54, 1.807) is 40.1 Å². The third-order valence-electron chi connectivity index (χ3n) is 4.55. The zero-order valence-corrected chi connectivity index (χ0v) is 15.2. The lowest BCUT2D eigenvalue weighted by atomic mass is 10.1. The summed E-state index contributed by atoms with van der Waals surface area (Å²) in [5.74, 6) is 0.136. The fourth-order valence-electron chi connectivity index (χ4n) is 2.95. The number of amides is 2. The minimum atomic E-state index is -0.226. The van der Waals surface area contributed by atoms with Gasteiger partial charge in [-0.1, -0.05) is 18.2 Å². The van der Waals surface area contributed by atoms with Crippen molar-refractivity contribution in [3.8, 4) is 0 Å². The summed E-state index contributed by atoms with van der Waals surface area (Å²) in [6.45, 7) is 4.08. The van der Waals surface area contributed by atoms with E-state index in [9.17, 15) is 14.0 Å². The number of halogens is 1. The summed E-state index contributed by atoms with van der Waals surface area (Å²) in [4.78, 5) is 27.2. The van der Waals surface area contributed by atoms with Gasteiger partial charge in [-0.05, 0) is 30.2 Å². The van der Waals surface area contributed by atoms with Gasteiger partial charge < -0.3 is 15.1 Å². The van der Waals surface area contributed by atoms with Crippen LogP contribution in [0.5, 0.6) is 0 Å². The first-order valence-electron chi connectivity index (χ1n) is 8.90. The first-order valence-corrected chi connectivity index (χ1v) is 8.90. The number of carbonyl (C=O) groups is 2. The Morgan fingerprint density at radius 2 is 1.74 bits per heavy atom. The third-order valence-corrected chi connectivity index (χ3v) is 4.55. The maximum absolute atomic E-state index is 13.6. The van der Waals surface area contributed by atoms with E-state index in [1.165, 1.54) is 13.0 Å². The summed E-state index contributed by atoms with van der Waals surface area (Å²) in [5, 5.41) is 11.1. The van der Waals surface area contributed by atoms with Gasteiger partial charge in [0.15, 0.2) is 5.69 Å². The van der Waals surface area contributed by atoms with Crippen molar-refractivity contribution in [2.75, 3.05) is 38.0 Å². The van der Waals surface area contributed by atoms with E-state index in [2.05, 4.69) is 15.5 Å². The average Bonchev–Trinajstić information content (AvgIpc) is 2.69. The Kier molecular flexibility index (Phi) is 5.95. The minimum Gasteiger partial charge on any atom is -0.368 e. The maximum atomic E-state index is 13.6. The van der Waals surface area contributed by atoms with Gasteiger partial charge in [-0.25, -0.2) is 4.39 Å². The molecule has 7 nitrogen and oxygen atoms in total. The Balaban J connectivity index is 1.50. The largest absolute Gasteiger partial charge is 0.368 e. The van der Waals surface area contributed by atoms with Crippen molar-refractivity contribution >= 4 is 17.6 Å². The molecular weight excluding hydrogens is 349 g/mol. The average molecular weight is 371 g/mol. The fraction of sp³-hybridized carbons (Fsp3) is 0.368. The number of nitrogens with zero attached hydrogens (tertiary/aromatic N) is 4. The highest BCUT2D eigenvalue weighted by molar-refractivity contribution is 5.92. The highest BCUT2D eigenvalue weighted by Crippen LogP contribution is 2.10. The molecular formula is C19H22FN5O2. The number of piperazine rings is 1. The van der Waals surface area contributed by atoms with Gasteiger partial charge in [0.05, 0.1) is 0 Å². The third kappa shape index (κ3) is 4.78. The predicted octanol–water partition coefficient (Wildman–Crippen LogP) is 1.57. The summed E-state index contributed by atoms with van der Waals surface area (Å²) in [6, 6.07) is 9.95. The van der Waals surface area contributed by atoms with Crippen LogP contribution in [0.2, 0.25) is 0 Å². The van der Waals surface area contributed by atoms with Crippen LogP contribution in [0, 0.1) is 5.82 Å². The predicted molar refractivity (Wildman–Crippen MR) is 98.8 cm³/mol. The van der Waals surface area contributed by atoms with Crippen molar-refractivity contribution in [1.29, 1.82) is 0 Å². The number of aromatic nitrogens is 2. The van der Waals surface area contributed by atoms with E-state index >= 15 is 0 Å². The number of nitrogens with one attached hydrogen (secondary N) is 1. The van der Waals surface area contributed by atoms with Gasteiger partial charge in [0.1, 0.15) is 11.6 Å². The molecule has 1 aliphatic rings. The molecule has 0 saturated carbocycles. The molecule has 0 atom stereocenters. The second-order valence-electron chi connectivity index (χ2n) is 6.37. The molecule has 0 spiro atoms. The molecule has 1 fully saturated rings. The molecule has 3 rings (SSSR count). The van der Waals surface area contributed by atoms with E-state index in [-0.39, 0.29) is 23.3 Å².